The SMILES string of the molecule is CCC(CC)c1cnc(N(C)C)nc1N[C@@H](Cc1ccc(-c2c(OC)cccc2OC)cn1)C(=O)O. The van der Waals surface area contributed by atoms with Crippen LogP contribution in [-0.4, -0.2) is 60.4 Å². The minimum Gasteiger partial charge on any atom is -0.496 e. The first-order valence-corrected chi connectivity index (χ1v) is 12.0. The first-order chi connectivity index (χ1) is 17.3. The van der Waals surface area contributed by atoms with Gasteiger partial charge in [0.1, 0.15) is 23.4 Å². The molecule has 0 amide bonds. The Labute approximate surface area is 212 Å². The van der Waals surface area contributed by atoms with Gasteiger partial charge in [0.15, 0.2) is 0 Å². The highest BCUT2D eigenvalue weighted by Crippen LogP contribution is 2.38. The fraction of sp³-hybridized carbons (Fsp3) is 0.407. The number of carbonyl (C=O) groups is 1. The second kappa shape index (κ2) is 12.2. The number of rotatable bonds is 12. The van der Waals surface area contributed by atoms with Crippen LogP contribution in [0.25, 0.3) is 11.1 Å². The fourth-order valence-corrected chi connectivity index (χ4v) is 4.14. The monoisotopic (exact) mass is 493 g/mol. The maximum atomic E-state index is 12.2. The molecular weight excluding hydrogens is 458 g/mol. The van der Waals surface area contributed by atoms with Crippen LogP contribution in [0.2, 0.25) is 0 Å². The number of carboxylic acids is 1. The summed E-state index contributed by atoms with van der Waals surface area (Å²) >= 11 is 0. The number of methoxy groups -OCH3 is 2. The lowest BCUT2D eigenvalue weighted by molar-refractivity contribution is -0.137. The Balaban J connectivity index is 1.90. The van der Waals surface area contributed by atoms with Gasteiger partial charge in [0.2, 0.25) is 5.95 Å². The zero-order valence-corrected chi connectivity index (χ0v) is 21.8. The van der Waals surface area contributed by atoms with Crippen molar-refractivity contribution in [2.75, 3.05) is 38.5 Å². The average Bonchev–Trinajstić information content (AvgIpc) is 2.89. The molecule has 0 unspecified atom stereocenters. The lowest BCUT2D eigenvalue weighted by Gasteiger charge is -2.22. The molecule has 0 spiro atoms. The van der Waals surface area contributed by atoms with E-state index in [0.29, 0.717) is 29.0 Å². The molecule has 36 heavy (non-hydrogen) atoms. The molecule has 3 aromatic rings. The van der Waals surface area contributed by atoms with Crippen LogP contribution in [0.4, 0.5) is 11.8 Å². The van der Waals surface area contributed by atoms with Crippen molar-refractivity contribution in [3.8, 4) is 22.6 Å². The van der Waals surface area contributed by atoms with Gasteiger partial charge in [0.05, 0.1) is 19.8 Å². The lowest BCUT2D eigenvalue weighted by Crippen LogP contribution is -2.33. The van der Waals surface area contributed by atoms with Gasteiger partial charge in [-0.3, -0.25) is 4.98 Å². The quantitative estimate of drug-likeness (QED) is 0.373. The summed E-state index contributed by atoms with van der Waals surface area (Å²) in [5.41, 5.74) is 3.17. The smallest absolute Gasteiger partial charge is 0.326 e. The van der Waals surface area contributed by atoms with Crippen molar-refractivity contribution in [1.82, 2.24) is 15.0 Å². The van der Waals surface area contributed by atoms with Crippen molar-refractivity contribution >= 4 is 17.7 Å². The number of nitrogens with zero attached hydrogens (tertiary/aromatic N) is 4. The van der Waals surface area contributed by atoms with Crippen LogP contribution in [0.1, 0.15) is 43.9 Å². The minimum atomic E-state index is -0.979. The molecule has 1 aromatic carbocycles. The molecule has 2 N–H and O–H groups in total. The van der Waals surface area contributed by atoms with E-state index in [0.717, 1.165) is 29.5 Å². The standard InChI is InChI=1S/C27H35N5O4/c1-7-17(8-2)20-16-29-27(32(3)4)31-25(20)30-21(26(33)34)14-19-13-12-18(15-28-19)24-22(35-5)10-9-11-23(24)36-6/h9-13,15-17,21H,7-8,14H2,1-6H3,(H,33,34)(H,29,30,31)/t21-/m0/s1. The third kappa shape index (κ3) is 6.02. The van der Waals surface area contributed by atoms with Crippen molar-refractivity contribution < 1.29 is 19.4 Å². The lowest BCUT2D eigenvalue weighted by atomic mass is 9.95. The topological polar surface area (TPSA) is 110 Å². The first kappa shape index (κ1) is 26.7. The molecule has 0 bridgehead atoms. The molecule has 0 saturated heterocycles. The van der Waals surface area contributed by atoms with Gasteiger partial charge in [-0.05, 0) is 37.0 Å². The van der Waals surface area contributed by atoms with Crippen molar-refractivity contribution in [2.24, 2.45) is 0 Å². The van der Waals surface area contributed by atoms with Gasteiger partial charge in [0.25, 0.3) is 0 Å². The third-order valence-electron chi connectivity index (χ3n) is 6.19. The summed E-state index contributed by atoms with van der Waals surface area (Å²) in [6, 6.07) is 8.38. The van der Waals surface area contributed by atoms with Crippen LogP contribution in [0, 0.1) is 0 Å². The van der Waals surface area contributed by atoms with E-state index in [-0.39, 0.29) is 12.3 Å². The van der Waals surface area contributed by atoms with Crippen LogP contribution in [0.15, 0.2) is 42.7 Å². The summed E-state index contributed by atoms with van der Waals surface area (Å²) in [4.78, 5) is 27.7. The van der Waals surface area contributed by atoms with Gasteiger partial charge in [-0.25, -0.2) is 9.78 Å². The van der Waals surface area contributed by atoms with E-state index in [4.69, 9.17) is 9.47 Å². The van der Waals surface area contributed by atoms with Crippen molar-refractivity contribution in [1.29, 1.82) is 0 Å². The Morgan fingerprint density at radius 1 is 1.03 bits per heavy atom. The minimum absolute atomic E-state index is 0.183. The van der Waals surface area contributed by atoms with Crippen molar-refractivity contribution in [3.05, 3.63) is 54.0 Å². The van der Waals surface area contributed by atoms with Crippen LogP contribution in [0.5, 0.6) is 11.5 Å². The summed E-state index contributed by atoms with van der Waals surface area (Å²) in [7, 11) is 6.92. The van der Waals surface area contributed by atoms with Gasteiger partial charge in [-0.15, -0.1) is 0 Å². The van der Waals surface area contributed by atoms with Gasteiger partial charge in [-0.1, -0.05) is 26.0 Å². The largest absolute Gasteiger partial charge is 0.496 e. The number of anilines is 2. The van der Waals surface area contributed by atoms with Crippen LogP contribution >= 0.6 is 0 Å². The number of hydrogen-bond donors (Lipinski definition) is 2. The molecule has 3 rings (SSSR count). The molecular formula is C27H35N5O4. The highest BCUT2D eigenvalue weighted by Gasteiger charge is 2.24. The van der Waals surface area contributed by atoms with E-state index in [9.17, 15) is 9.90 Å². The van der Waals surface area contributed by atoms with E-state index in [1.165, 1.54) is 0 Å². The van der Waals surface area contributed by atoms with Crippen LogP contribution in [0.3, 0.4) is 0 Å². The Bertz CT molecular complexity index is 1140. The molecule has 0 saturated carbocycles. The number of benzene rings is 1. The molecule has 0 fully saturated rings. The first-order valence-electron chi connectivity index (χ1n) is 12.0. The normalized spacial score (nSPS) is 11.8. The molecule has 0 aliphatic rings. The number of aromatic nitrogens is 3. The summed E-state index contributed by atoms with van der Waals surface area (Å²) in [6.07, 6.45) is 5.50. The van der Waals surface area contributed by atoms with E-state index >= 15 is 0 Å². The fourth-order valence-electron chi connectivity index (χ4n) is 4.14. The second-order valence-electron chi connectivity index (χ2n) is 8.70. The molecule has 9 nitrogen and oxygen atoms in total. The molecule has 0 aliphatic heterocycles. The van der Waals surface area contributed by atoms with Gasteiger partial charge >= 0.3 is 5.97 Å². The molecule has 0 radical (unpaired) electrons. The summed E-state index contributed by atoms with van der Waals surface area (Å²) in [5, 5.41) is 13.2. The number of aliphatic carboxylic acids is 1. The molecule has 0 aliphatic carbocycles. The van der Waals surface area contributed by atoms with Gasteiger partial charge in [-0.2, -0.15) is 4.98 Å². The summed E-state index contributed by atoms with van der Waals surface area (Å²) in [6.45, 7) is 4.21. The molecule has 2 heterocycles. The van der Waals surface area contributed by atoms with Crippen LogP contribution in [-0.2, 0) is 11.2 Å². The third-order valence-corrected chi connectivity index (χ3v) is 6.19. The zero-order chi connectivity index (χ0) is 26.2. The average molecular weight is 494 g/mol. The Hall–Kier alpha value is -3.88. The highest BCUT2D eigenvalue weighted by atomic mass is 16.5. The second-order valence-corrected chi connectivity index (χ2v) is 8.70. The number of ether oxygens (including phenoxy) is 2. The Morgan fingerprint density at radius 2 is 1.69 bits per heavy atom. The molecule has 2 aromatic heterocycles. The van der Waals surface area contributed by atoms with Gasteiger partial charge < -0.3 is 24.8 Å². The molecule has 1 atom stereocenters. The van der Waals surface area contributed by atoms with E-state index in [1.54, 1.807) is 31.5 Å². The zero-order valence-electron chi connectivity index (χ0n) is 21.8. The number of hydrogen-bond acceptors (Lipinski definition) is 8. The van der Waals surface area contributed by atoms with E-state index in [1.807, 2.05) is 44.4 Å². The Kier molecular flexibility index (Phi) is 9.05. The predicted molar refractivity (Wildman–Crippen MR) is 141 cm³/mol. The van der Waals surface area contributed by atoms with E-state index < -0.39 is 12.0 Å². The number of nitrogens with one attached hydrogen (secondary N) is 1. The maximum Gasteiger partial charge on any atom is 0.326 e. The number of pyridine rings is 1. The van der Waals surface area contributed by atoms with Crippen LogP contribution < -0.4 is 19.7 Å². The Morgan fingerprint density at radius 3 is 2.19 bits per heavy atom. The van der Waals surface area contributed by atoms with Crippen molar-refractivity contribution in [2.45, 2.75) is 45.1 Å². The van der Waals surface area contributed by atoms with Crippen molar-refractivity contribution in [3.63, 3.8) is 0 Å². The summed E-state index contributed by atoms with van der Waals surface area (Å²) in [5.74, 6) is 1.65. The van der Waals surface area contributed by atoms with E-state index in [2.05, 4.69) is 34.1 Å². The summed E-state index contributed by atoms with van der Waals surface area (Å²) < 4.78 is 11.0. The number of carboxylic acid groups (broad SMARTS) is 1. The molecule has 9 heteroatoms. The maximum absolute atomic E-state index is 12.2. The predicted octanol–water partition coefficient (Wildman–Crippen LogP) is 4.63. The van der Waals surface area contributed by atoms with Gasteiger partial charge in [0, 0.05) is 49.7 Å². The highest BCUT2D eigenvalue weighted by molar-refractivity contribution is 5.78. The molecule has 192 valence electrons.